The highest BCUT2D eigenvalue weighted by Crippen LogP contribution is 2.30. The van der Waals surface area contributed by atoms with E-state index in [0.717, 1.165) is 9.44 Å². The first-order valence-electron chi connectivity index (χ1n) is 5.91. The van der Waals surface area contributed by atoms with E-state index >= 15 is 0 Å². The number of hydrogen-bond donors (Lipinski definition) is 2. The lowest BCUT2D eigenvalue weighted by Gasteiger charge is -2.27. The maximum Gasteiger partial charge on any atom is 0.332 e. The van der Waals surface area contributed by atoms with Gasteiger partial charge in [-0.2, -0.15) is 0 Å². The van der Waals surface area contributed by atoms with Crippen LogP contribution in [0.3, 0.4) is 0 Å². The summed E-state index contributed by atoms with van der Waals surface area (Å²) < 4.78 is 2.31. The summed E-state index contributed by atoms with van der Waals surface area (Å²) in [7, 11) is 2.95. The number of carbonyl (C=O) groups is 1. The van der Waals surface area contributed by atoms with Gasteiger partial charge >= 0.3 is 11.7 Å². The summed E-state index contributed by atoms with van der Waals surface area (Å²) in [5, 5.41) is 7.13. The van der Waals surface area contributed by atoms with Gasteiger partial charge in [-0.15, -0.1) is 11.3 Å². The topological polar surface area (TPSA) is 85.1 Å². The van der Waals surface area contributed by atoms with Crippen LogP contribution < -0.4 is 21.9 Å². The molecule has 2 amide bonds. The Hall–Kier alpha value is -2.35. The molecule has 0 unspecified atom stereocenters. The van der Waals surface area contributed by atoms with Crippen molar-refractivity contribution in [2.45, 2.75) is 6.04 Å². The zero-order valence-electron chi connectivity index (χ0n) is 10.8. The second-order valence-electron chi connectivity index (χ2n) is 4.51. The van der Waals surface area contributed by atoms with Gasteiger partial charge < -0.3 is 5.32 Å². The molecule has 0 aromatic carbocycles. The highest BCUT2D eigenvalue weighted by Gasteiger charge is 2.32. The van der Waals surface area contributed by atoms with E-state index in [1.807, 2.05) is 17.5 Å². The van der Waals surface area contributed by atoms with E-state index < -0.39 is 23.3 Å². The second-order valence-corrected chi connectivity index (χ2v) is 5.49. The Balaban J connectivity index is 2.35. The van der Waals surface area contributed by atoms with Crippen LogP contribution in [0.25, 0.3) is 0 Å². The third kappa shape index (κ3) is 1.68. The molecule has 0 spiro atoms. The number of nitrogens with one attached hydrogen (secondary N) is 2. The molecule has 0 saturated heterocycles. The number of aromatic nitrogens is 2. The molecule has 1 aliphatic heterocycles. The van der Waals surface area contributed by atoms with Gasteiger partial charge in [0, 0.05) is 19.0 Å². The van der Waals surface area contributed by atoms with Gasteiger partial charge in [0.1, 0.15) is 5.82 Å². The van der Waals surface area contributed by atoms with Gasteiger partial charge in [-0.25, -0.2) is 9.59 Å². The number of urea groups is 1. The van der Waals surface area contributed by atoms with E-state index in [-0.39, 0.29) is 5.82 Å². The summed E-state index contributed by atoms with van der Waals surface area (Å²) in [6, 6.07) is 2.72. The van der Waals surface area contributed by atoms with E-state index in [1.165, 1.54) is 30.0 Å². The fraction of sp³-hybridized carbons (Fsp3) is 0.250. The lowest BCUT2D eigenvalue weighted by molar-refractivity contribution is 0.248. The van der Waals surface area contributed by atoms with Gasteiger partial charge in [0.25, 0.3) is 5.56 Å². The summed E-state index contributed by atoms with van der Waals surface area (Å²) in [5.41, 5.74) is -0.508. The fourth-order valence-electron chi connectivity index (χ4n) is 2.30. The molecule has 1 aliphatic rings. The predicted molar refractivity (Wildman–Crippen MR) is 75.2 cm³/mol. The Morgan fingerprint density at radius 3 is 2.60 bits per heavy atom. The zero-order chi connectivity index (χ0) is 14.4. The van der Waals surface area contributed by atoms with Crippen molar-refractivity contribution in [2.75, 3.05) is 5.32 Å². The largest absolute Gasteiger partial charge is 0.332 e. The third-order valence-electron chi connectivity index (χ3n) is 3.32. The minimum Gasteiger partial charge on any atom is -0.326 e. The Morgan fingerprint density at radius 2 is 1.95 bits per heavy atom. The standard InChI is InChI=1S/C12H12N4O3S/c1-15-9-7(10(17)16(2)12(15)19)8(13-11(18)14-9)6-4-3-5-20-6/h3-5,8H,1-2H3,(H2,13,14,18)/t8-/m0/s1. The molecule has 7 nitrogen and oxygen atoms in total. The van der Waals surface area contributed by atoms with Crippen LogP contribution in [0.15, 0.2) is 27.1 Å². The van der Waals surface area contributed by atoms with E-state index in [0.29, 0.717) is 5.56 Å². The first-order valence-corrected chi connectivity index (χ1v) is 6.79. The van der Waals surface area contributed by atoms with Crippen molar-refractivity contribution in [3.8, 4) is 0 Å². The number of fused-ring (bicyclic) bond motifs is 1. The summed E-state index contributed by atoms with van der Waals surface area (Å²) in [6.07, 6.45) is 0. The van der Waals surface area contributed by atoms with Crippen LogP contribution in [-0.4, -0.2) is 15.2 Å². The minimum absolute atomic E-state index is 0.250. The Morgan fingerprint density at radius 1 is 1.20 bits per heavy atom. The van der Waals surface area contributed by atoms with Crippen LogP contribution in [0.2, 0.25) is 0 Å². The van der Waals surface area contributed by atoms with Crippen molar-refractivity contribution < 1.29 is 4.79 Å². The molecular formula is C12H12N4O3S. The molecule has 2 aromatic heterocycles. The summed E-state index contributed by atoms with van der Waals surface area (Å²) in [4.78, 5) is 36.9. The summed E-state index contributed by atoms with van der Waals surface area (Å²) >= 11 is 1.44. The Labute approximate surface area is 117 Å². The maximum atomic E-state index is 12.4. The number of hydrogen-bond acceptors (Lipinski definition) is 4. The van der Waals surface area contributed by atoms with Crippen LogP contribution in [0, 0.1) is 0 Å². The fourth-order valence-corrected chi connectivity index (χ4v) is 3.08. The molecule has 1 atom stereocenters. The molecule has 3 rings (SSSR count). The van der Waals surface area contributed by atoms with Crippen molar-refractivity contribution in [1.29, 1.82) is 0 Å². The van der Waals surface area contributed by atoms with Crippen molar-refractivity contribution in [1.82, 2.24) is 14.5 Å². The molecular weight excluding hydrogens is 280 g/mol. The van der Waals surface area contributed by atoms with Crippen LogP contribution in [0.1, 0.15) is 16.5 Å². The molecule has 2 aromatic rings. The number of amides is 2. The van der Waals surface area contributed by atoms with Crippen LogP contribution >= 0.6 is 11.3 Å². The SMILES string of the molecule is Cn1c2c(c(=O)n(C)c1=O)[C@H](c1cccs1)NC(=O)N2. The maximum absolute atomic E-state index is 12.4. The van der Waals surface area contributed by atoms with E-state index in [1.54, 1.807) is 0 Å². The van der Waals surface area contributed by atoms with Crippen molar-refractivity contribution in [2.24, 2.45) is 14.1 Å². The number of carbonyl (C=O) groups excluding carboxylic acids is 1. The highest BCUT2D eigenvalue weighted by atomic mass is 32.1. The molecule has 0 fully saturated rings. The molecule has 0 bridgehead atoms. The highest BCUT2D eigenvalue weighted by molar-refractivity contribution is 7.10. The second kappa shape index (κ2) is 4.34. The monoisotopic (exact) mass is 292 g/mol. The number of nitrogens with zero attached hydrogens (tertiary/aromatic N) is 2. The normalized spacial score (nSPS) is 17.3. The van der Waals surface area contributed by atoms with Gasteiger partial charge in [0.05, 0.1) is 11.6 Å². The van der Waals surface area contributed by atoms with Gasteiger partial charge in [-0.3, -0.25) is 19.2 Å². The smallest absolute Gasteiger partial charge is 0.326 e. The first kappa shape index (κ1) is 12.7. The molecule has 20 heavy (non-hydrogen) atoms. The van der Waals surface area contributed by atoms with Gasteiger partial charge in [0.2, 0.25) is 0 Å². The predicted octanol–water partition coefficient (Wildman–Crippen LogP) is 0.370. The quantitative estimate of drug-likeness (QED) is 0.796. The first-order chi connectivity index (χ1) is 9.50. The van der Waals surface area contributed by atoms with Crippen LogP contribution in [0.5, 0.6) is 0 Å². The third-order valence-corrected chi connectivity index (χ3v) is 4.26. The molecule has 104 valence electrons. The number of anilines is 1. The number of thiophene rings is 1. The Bertz CT molecular complexity index is 803. The van der Waals surface area contributed by atoms with Crippen LogP contribution in [-0.2, 0) is 14.1 Å². The minimum atomic E-state index is -0.538. The van der Waals surface area contributed by atoms with Gasteiger partial charge in [-0.1, -0.05) is 6.07 Å². The van der Waals surface area contributed by atoms with Gasteiger partial charge in [0.15, 0.2) is 0 Å². The molecule has 2 N–H and O–H groups in total. The van der Waals surface area contributed by atoms with E-state index in [9.17, 15) is 14.4 Å². The zero-order valence-corrected chi connectivity index (χ0v) is 11.7. The summed E-state index contributed by atoms with van der Waals surface area (Å²) in [6.45, 7) is 0. The van der Waals surface area contributed by atoms with Crippen LogP contribution in [0.4, 0.5) is 10.6 Å². The van der Waals surface area contributed by atoms with E-state index in [2.05, 4.69) is 10.6 Å². The van der Waals surface area contributed by atoms with E-state index in [4.69, 9.17) is 0 Å². The average molecular weight is 292 g/mol. The molecule has 0 aliphatic carbocycles. The molecule has 3 heterocycles. The van der Waals surface area contributed by atoms with Gasteiger partial charge in [-0.05, 0) is 11.4 Å². The lowest BCUT2D eigenvalue weighted by Crippen LogP contribution is -2.48. The van der Waals surface area contributed by atoms with Crippen molar-refractivity contribution in [3.63, 3.8) is 0 Å². The number of rotatable bonds is 1. The van der Waals surface area contributed by atoms with Crippen molar-refractivity contribution in [3.05, 3.63) is 48.8 Å². The molecule has 8 heteroatoms. The molecule has 0 radical (unpaired) electrons. The summed E-state index contributed by atoms with van der Waals surface area (Å²) in [5.74, 6) is 0.250. The van der Waals surface area contributed by atoms with Crippen molar-refractivity contribution >= 4 is 23.2 Å². The lowest BCUT2D eigenvalue weighted by atomic mass is 10.1. The average Bonchev–Trinajstić information content (AvgIpc) is 2.95. The Kier molecular flexibility index (Phi) is 2.75. The molecule has 0 saturated carbocycles.